The zero-order valence-electron chi connectivity index (χ0n) is 14.3. The third-order valence-corrected chi connectivity index (χ3v) is 4.76. The van der Waals surface area contributed by atoms with Crippen LogP contribution in [0.2, 0.25) is 0 Å². The van der Waals surface area contributed by atoms with Gasteiger partial charge in [-0.15, -0.1) is 0 Å². The lowest BCUT2D eigenvalue weighted by molar-refractivity contribution is 0.205. The summed E-state index contributed by atoms with van der Waals surface area (Å²) >= 11 is 0. The SMILES string of the molecule is CC1CCC(NC(=O)NCc2ncc(-c3ccccc3)o2)C(C)C1. The Balaban J connectivity index is 1.49. The van der Waals surface area contributed by atoms with Crippen LogP contribution in [0.5, 0.6) is 0 Å². The van der Waals surface area contributed by atoms with E-state index < -0.39 is 0 Å². The van der Waals surface area contributed by atoms with Crippen LogP contribution in [0.25, 0.3) is 11.3 Å². The molecule has 1 aliphatic carbocycles. The summed E-state index contributed by atoms with van der Waals surface area (Å²) in [5.74, 6) is 2.49. The van der Waals surface area contributed by atoms with E-state index >= 15 is 0 Å². The van der Waals surface area contributed by atoms with E-state index in [9.17, 15) is 4.79 Å². The van der Waals surface area contributed by atoms with E-state index in [1.54, 1.807) is 6.20 Å². The Kier molecular flexibility index (Phi) is 5.18. The highest BCUT2D eigenvalue weighted by Gasteiger charge is 2.26. The summed E-state index contributed by atoms with van der Waals surface area (Å²) in [5.41, 5.74) is 0.978. The van der Waals surface area contributed by atoms with E-state index in [1.165, 1.54) is 12.8 Å². The first-order valence-electron chi connectivity index (χ1n) is 8.66. The highest BCUT2D eigenvalue weighted by Crippen LogP contribution is 2.28. The van der Waals surface area contributed by atoms with Gasteiger partial charge in [-0.05, 0) is 31.1 Å². The van der Waals surface area contributed by atoms with Crippen molar-refractivity contribution in [2.45, 2.75) is 45.7 Å². The molecule has 1 saturated carbocycles. The second-order valence-electron chi connectivity index (χ2n) is 6.81. The zero-order chi connectivity index (χ0) is 16.9. The van der Waals surface area contributed by atoms with E-state index in [2.05, 4.69) is 29.5 Å². The van der Waals surface area contributed by atoms with Gasteiger partial charge in [0.2, 0.25) is 5.89 Å². The molecule has 5 nitrogen and oxygen atoms in total. The minimum absolute atomic E-state index is 0.152. The number of nitrogens with one attached hydrogen (secondary N) is 2. The number of urea groups is 1. The van der Waals surface area contributed by atoms with Crippen LogP contribution >= 0.6 is 0 Å². The number of carbonyl (C=O) groups is 1. The number of benzene rings is 1. The summed E-state index contributed by atoms with van der Waals surface area (Å²) in [5, 5.41) is 5.91. The molecule has 1 aromatic carbocycles. The van der Waals surface area contributed by atoms with Crippen molar-refractivity contribution in [1.29, 1.82) is 0 Å². The molecule has 0 spiro atoms. The fourth-order valence-corrected chi connectivity index (χ4v) is 3.38. The molecule has 3 rings (SSSR count). The van der Waals surface area contributed by atoms with E-state index in [1.807, 2.05) is 30.3 Å². The molecule has 1 aliphatic rings. The first kappa shape index (κ1) is 16.6. The molecule has 3 unspecified atom stereocenters. The molecule has 24 heavy (non-hydrogen) atoms. The number of rotatable bonds is 4. The largest absolute Gasteiger partial charge is 0.439 e. The smallest absolute Gasteiger partial charge is 0.315 e. The van der Waals surface area contributed by atoms with Gasteiger partial charge in [0.05, 0.1) is 12.7 Å². The molecule has 3 atom stereocenters. The van der Waals surface area contributed by atoms with Gasteiger partial charge in [0.15, 0.2) is 5.76 Å². The van der Waals surface area contributed by atoms with Gasteiger partial charge in [0.1, 0.15) is 0 Å². The fraction of sp³-hybridized carbons (Fsp3) is 0.474. The highest BCUT2D eigenvalue weighted by molar-refractivity contribution is 5.74. The van der Waals surface area contributed by atoms with E-state index in [4.69, 9.17) is 4.42 Å². The first-order valence-corrected chi connectivity index (χ1v) is 8.66. The third-order valence-electron chi connectivity index (χ3n) is 4.76. The Hall–Kier alpha value is -2.30. The van der Waals surface area contributed by atoms with Crippen molar-refractivity contribution >= 4 is 6.03 Å². The number of hydrogen-bond donors (Lipinski definition) is 2. The molecule has 1 aromatic heterocycles. The molecule has 128 valence electrons. The molecule has 5 heteroatoms. The Labute approximate surface area is 142 Å². The summed E-state index contributed by atoms with van der Waals surface area (Å²) in [4.78, 5) is 16.3. The second-order valence-corrected chi connectivity index (χ2v) is 6.81. The van der Waals surface area contributed by atoms with Crippen LogP contribution < -0.4 is 10.6 Å². The Morgan fingerprint density at radius 2 is 2.04 bits per heavy atom. The molecular weight excluding hydrogens is 302 g/mol. The maximum atomic E-state index is 12.1. The second kappa shape index (κ2) is 7.51. The van der Waals surface area contributed by atoms with Crippen molar-refractivity contribution in [3.8, 4) is 11.3 Å². The van der Waals surface area contributed by atoms with Crippen molar-refractivity contribution in [3.05, 3.63) is 42.4 Å². The molecule has 1 fully saturated rings. The zero-order valence-corrected chi connectivity index (χ0v) is 14.3. The van der Waals surface area contributed by atoms with Gasteiger partial charge < -0.3 is 15.1 Å². The first-order chi connectivity index (χ1) is 11.6. The van der Waals surface area contributed by atoms with Crippen LogP contribution in [0.1, 0.15) is 39.0 Å². The number of hydrogen-bond acceptors (Lipinski definition) is 3. The van der Waals surface area contributed by atoms with Gasteiger partial charge in [0, 0.05) is 11.6 Å². The molecule has 0 aliphatic heterocycles. The standard InChI is InChI=1S/C19H25N3O2/c1-13-8-9-16(14(2)10-13)22-19(23)21-12-18-20-11-17(24-18)15-6-4-3-5-7-15/h3-7,11,13-14,16H,8-10,12H2,1-2H3,(H2,21,22,23). The monoisotopic (exact) mass is 327 g/mol. The van der Waals surface area contributed by atoms with Crippen molar-refractivity contribution < 1.29 is 9.21 Å². The van der Waals surface area contributed by atoms with Crippen molar-refractivity contribution in [2.75, 3.05) is 0 Å². The molecule has 2 aromatic rings. The normalized spacial score (nSPS) is 23.7. The van der Waals surface area contributed by atoms with Crippen molar-refractivity contribution in [3.63, 3.8) is 0 Å². The summed E-state index contributed by atoms with van der Waals surface area (Å²) in [6, 6.07) is 9.91. The molecule has 0 saturated heterocycles. The molecule has 2 N–H and O–H groups in total. The van der Waals surface area contributed by atoms with Crippen LogP contribution in [0.15, 0.2) is 40.9 Å². The highest BCUT2D eigenvalue weighted by atomic mass is 16.4. The number of nitrogens with zero attached hydrogens (tertiary/aromatic N) is 1. The number of aromatic nitrogens is 1. The average molecular weight is 327 g/mol. The van der Waals surface area contributed by atoms with Crippen molar-refractivity contribution in [2.24, 2.45) is 11.8 Å². The number of oxazole rings is 1. The summed E-state index contributed by atoms with van der Waals surface area (Å²) in [7, 11) is 0. The molecule has 2 amide bonds. The van der Waals surface area contributed by atoms with E-state index in [-0.39, 0.29) is 18.6 Å². The van der Waals surface area contributed by atoms with Gasteiger partial charge in [-0.25, -0.2) is 9.78 Å². The Morgan fingerprint density at radius 3 is 2.79 bits per heavy atom. The number of amides is 2. The minimum atomic E-state index is -0.152. The lowest BCUT2D eigenvalue weighted by Gasteiger charge is -2.33. The predicted molar refractivity (Wildman–Crippen MR) is 93.3 cm³/mol. The lowest BCUT2D eigenvalue weighted by atomic mass is 9.80. The van der Waals surface area contributed by atoms with Gasteiger partial charge in [-0.2, -0.15) is 0 Å². The molecule has 1 heterocycles. The van der Waals surface area contributed by atoms with Gasteiger partial charge in [-0.1, -0.05) is 44.2 Å². The maximum absolute atomic E-state index is 12.1. The van der Waals surface area contributed by atoms with Crippen LogP contribution in [-0.2, 0) is 6.54 Å². The summed E-state index contributed by atoms with van der Waals surface area (Å²) in [6.45, 7) is 4.77. The topological polar surface area (TPSA) is 67.2 Å². The lowest BCUT2D eigenvalue weighted by Crippen LogP contribution is -2.46. The predicted octanol–water partition coefficient (Wildman–Crippen LogP) is 3.97. The van der Waals surface area contributed by atoms with Gasteiger partial charge in [0.25, 0.3) is 0 Å². The van der Waals surface area contributed by atoms with Crippen LogP contribution in [0.4, 0.5) is 4.79 Å². The molecule has 0 bridgehead atoms. The minimum Gasteiger partial charge on any atom is -0.439 e. The Morgan fingerprint density at radius 1 is 1.25 bits per heavy atom. The Bertz CT molecular complexity index is 668. The molecule has 0 radical (unpaired) electrons. The maximum Gasteiger partial charge on any atom is 0.315 e. The summed E-state index contributed by atoms with van der Waals surface area (Å²) < 4.78 is 5.69. The van der Waals surface area contributed by atoms with Crippen LogP contribution in [0.3, 0.4) is 0 Å². The third kappa shape index (κ3) is 4.16. The molecular formula is C19H25N3O2. The average Bonchev–Trinajstić information content (AvgIpc) is 3.05. The van der Waals surface area contributed by atoms with E-state index in [0.717, 1.165) is 17.9 Å². The quantitative estimate of drug-likeness (QED) is 0.893. The summed E-state index contributed by atoms with van der Waals surface area (Å²) in [6.07, 6.45) is 5.09. The van der Waals surface area contributed by atoms with Crippen LogP contribution in [0, 0.1) is 11.8 Å². The fourth-order valence-electron chi connectivity index (χ4n) is 3.38. The van der Waals surface area contributed by atoms with E-state index in [0.29, 0.717) is 17.6 Å². The van der Waals surface area contributed by atoms with Crippen LogP contribution in [-0.4, -0.2) is 17.1 Å². The number of carbonyl (C=O) groups excluding carboxylic acids is 1. The van der Waals surface area contributed by atoms with Gasteiger partial charge in [-0.3, -0.25) is 0 Å². The van der Waals surface area contributed by atoms with Gasteiger partial charge >= 0.3 is 6.03 Å². The van der Waals surface area contributed by atoms with Crippen molar-refractivity contribution in [1.82, 2.24) is 15.6 Å².